The van der Waals surface area contributed by atoms with Crippen molar-refractivity contribution >= 4 is 10.0 Å². The summed E-state index contributed by atoms with van der Waals surface area (Å²) in [7, 11) is -3.54. The van der Waals surface area contributed by atoms with Crippen molar-refractivity contribution in [3.05, 3.63) is 30.6 Å². The van der Waals surface area contributed by atoms with Crippen molar-refractivity contribution in [1.29, 1.82) is 0 Å². The fourth-order valence-electron chi connectivity index (χ4n) is 2.57. The van der Waals surface area contributed by atoms with E-state index in [0.717, 1.165) is 6.42 Å². The number of hydrogen-bond donors (Lipinski definition) is 1. The minimum atomic E-state index is -3.54. The van der Waals surface area contributed by atoms with E-state index in [4.69, 9.17) is 5.73 Å². The number of sulfonamides is 1. The molecule has 2 N–H and O–H groups in total. The number of nitrogens with zero attached hydrogens (tertiary/aromatic N) is 5. The van der Waals surface area contributed by atoms with Gasteiger partial charge in [-0.15, -0.1) is 5.10 Å². The van der Waals surface area contributed by atoms with Crippen molar-refractivity contribution in [2.24, 2.45) is 11.1 Å². The molecule has 1 aromatic carbocycles. The summed E-state index contributed by atoms with van der Waals surface area (Å²) in [5.74, 6) is 0. The van der Waals surface area contributed by atoms with Crippen molar-refractivity contribution in [2.45, 2.75) is 18.2 Å². The van der Waals surface area contributed by atoms with Crippen LogP contribution in [0.4, 0.5) is 0 Å². The lowest BCUT2D eigenvalue weighted by molar-refractivity contribution is 0.349. The maximum absolute atomic E-state index is 12.8. The van der Waals surface area contributed by atoms with E-state index in [9.17, 15) is 8.42 Å². The molecule has 0 radical (unpaired) electrons. The quantitative estimate of drug-likeness (QED) is 0.850. The van der Waals surface area contributed by atoms with Crippen LogP contribution in [0.3, 0.4) is 0 Å². The summed E-state index contributed by atoms with van der Waals surface area (Å²) in [6.07, 6.45) is 2.20. The highest BCUT2D eigenvalue weighted by Gasteiger charge is 2.39. The molecule has 1 aliphatic rings. The van der Waals surface area contributed by atoms with Gasteiger partial charge in [0.25, 0.3) is 0 Å². The van der Waals surface area contributed by atoms with Crippen LogP contribution in [0.25, 0.3) is 5.69 Å². The van der Waals surface area contributed by atoms with E-state index >= 15 is 0 Å². The number of rotatable bonds is 4. The average Bonchev–Trinajstić information content (AvgIpc) is 3.18. The predicted molar refractivity (Wildman–Crippen MR) is 79.7 cm³/mol. The highest BCUT2D eigenvalue weighted by atomic mass is 32.2. The van der Waals surface area contributed by atoms with Gasteiger partial charge < -0.3 is 5.73 Å². The molecule has 1 aromatic heterocycles. The first kappa shape index (κ1) is 15.1. The number of nitrogens with two attached hydrogens (primary N) is 1. The van der Waals surface area contributed by atoms with Gasteiger partial charge in [-0.25, -0.2) is 13.1 Å². The molecule has 1 fully saturated rings. The van der Waals surface area contributed by atoms with Gasteiger partial charge in [-0.2, -0.15) is 4.31 Å². The van der Waals surface area contributed by atoms with Crippen LogP contribution >= 0.6 is 0 Å². The lowest BCUT2D eigenvalue weighted by Crippen LogP contribution is -2.34. The monoisotopic (exact) mass is 322 g/mol. The van der Waals surface area contributed by atoms with E-state index in [0.29, 0.717) is 25.3 Å². The zero-order valence-corrected chi connectivity index (χ0v) is 13.1. The van der Waals surface area contributed by atoms with Crippen LogP contribution in [-0.2, 0) is 10.0 Å². The Bertz CT molecular complexity index is 761. The fraction of sp³-hybridized carbons (Fsp3) is 0.462. The van der Waals surface area contributed by atoms with Crippen LogP contribution in [0.1, 0.15) is 13.3 Å². The van der Waals surface area contributed by atoms with Crippen LogP contribution in [0.5, 0.6) is 0 Å². The SMILES string of the molecule is CC1(CN)CCN(S(=O)(=O)c2cccc(-n3cnnn3)c2)C1. The molecule has 0 saturated carbocycles. The molecule has 0 spiro atoms. The minimum Gasteiger partial charge on any atom is -0.330 e. The van der Waals surface area contributed by atoms with Gasteiger partial charge in [0.2, 0.25) is 10.0 Å². The topological polar surface area (TPSA) is 107 Å². The summed E-state index contributed by atoms with van der Waals surface area (Å²) in [4.78, 5) is 0.238. The standard InChI is InChI=1S/C13H18N6O2S/c1-13(8-14)5-6-18(9-13)22(20,21)12-4-2-3-11(7-12)19-10-15-16-17-19/h2-4,7,10H,5-6,8-9,14H2,1H3. The molecule has 0 aliphatic carbocycles. The molecule has 1 aliphatic heterocycles. The van der Waals surface area contributed by atoms with Gasteiger partial charge in [0.15, 0.2) is 0 Å². The van der Waals surface area contributed by atoms with Crippen LogP contribution in [-0.4, -0.2) is 52.6 Å². The predicted octanol–water partition coefficient (Wildman–Crippen LogP) is 0.0217. The molecule has 2 heterocycles. The van der Waals surface area contributed by atoms with E-state index in [1.165, 1.54) is 15.3 Å². The first-order chi connectivity index (χ1) is 10.4. The Labute approximate surface area is 129 Å². The molecule has 1 unspecified atom stereocenters. The maximum Gasteiger partial charge on any atom is 0.243 e. The molecule has 8 nitrogen and oxygen atoms in total. The first-order valence-corrected chi connectivity index (χ1v) is 8.42. The molecule has 118 valence electrons. The van der Waals surface area contributed by atoms with Crippen molar-refractivity contribution in [2.75, 3.05) is 19.6 Å². The van der Waals surface area contributed by atoms with Gasteiger partial charge in [-0.3, -0.25) is 0 Å². The Kier molecular flexibility index (Phi) is 3.71. The minimum absolute atomic E-state index is 0.152. The van der Waals surface area contributed by atoms with Crippen molar-refractivity contribution in [1.82, 2.24) is 24.5 Å². The smallest absolute Gasteiger partial charge is 0.243 e. The Morgan fingerprint density at radius 3 is 2.86 bits per heavy atom. The average molecular weight is 322 g/mol. The zero-order valence-electron chi connectivity index (χ0n) is 12.3. The highest BCUT2D eigenvalue weighted by molar-refractivity contribution is 7.89. The van der Waals surface area contributed by atoms with E-state index < -0.39 is 10.0 Å². The van der Waals surface area contributed by atoms with Crippen LogP contribution in [0, 0.1) is 5.41 Å². The Hall–Kier alpha value is -1.84. The third kappa shape index (κ3) is 2.62. The molecule has 0 amide bonds. The molecule has 1 saturated heterocycles. The Morgan fingerprint density at radius 2 is 2.23 bits per heavy atom. The highest BCUT2D eigenvalue weighted by Crippen LogP contribution is 2.32. The second-order valence-electron chi connectivity index (χ2n) is 5.86. The summed E-state index contributed by atoms with van der Waals surface area (Å²) in [6.45, 7) is 3.43. The van der Waals surface area contributed by atoms with Crippen molar-refractivity contribution in [3.63, 3.8) is 0 Å². The van der Waals surface area contributed by atoms with Crippen molar-refractivity contribution < 1.29 is 8.42 Å². The molecule has 2 aromatic rings. The summed E-state index contributed by atoms with van der Waals surface area (Å²) < 4.78 is 28.5. The van der Waals surface area contributed by atoms with Crippen LogP contribution < -0.4 is 5.73 Å². The van der Waals surface area contributed by atoms with E-state index in [2.05, 4.69) is 15.5 Å². The maximum atomic E-state index is 12.8. The zero-order chi connectivity index (χ0) is 15.8. The van der Waals surface area contributed by atoms with Crippen molar-refractivity contribution in [3.8, 4) is 5.69 Å². The normalized spacial score (nSPS) is 23.0. The largest absolute Gasteiger partial charge is 0.330 e. The molecule has 22 heavy (non-hydrogen) atoms. The van der Waals surface area contributed by atoms with Gasteiger partial charge in [-0.05, 0) is 47.0 Å². The van der Waals surface area contributed by atoms with Gasteiger partial charge in [0.05, 0.1) is 10.6 Å². The molecule has 0 bridgehead atoms. The van der Waals surface area contributed by atoms with E-state index in [1.807, 2.05) is 6.92 Å². The van der Waals surface area contributed by atoms with Crippen LogP contribution in [0.2, 0.25) is 0 Å². The number of tetrazole rings is 1. The summed E-state index contributed by atoms with van der Waals surface area (Å²) in [5.41, 5.74) is 6.20. The van der Waals surface area contributed by atoms with Gasteiger partial charge in [-0.1, -0.05) is 13.0 Å². The molecular formula is C13H18N6O2S. The summed E-state index contributed by atoms with van der Waals surface area (Å²) >= 11 is 0. The molecule has 9 heteroatoms. The number of hydrogen-bond acceptors (Lipinski definition) is 6. The van der Waals surface area contributed by atoms with Gasteiger partial charge >= 0.3 is 0 Å². The lowest BCUT2D eigenvalue weighted by Gasteiger charge is -2.22. The third-order valence-electron chi connectivity index (χ3n) is 4.08. The Balaban J connectivity index is 1.92. The molecule has 1 atom stereocenters. The second-order valence-corrected chi connectivity index (χ2v) is 7.79. The lowest BCUT2D eigenvalue weighted by atomic mass is 9.90. The van der Waals surface area contributed by atoms with Crippen LogP contribution in [0.15, 0.2) is 35.5 Å². The number of benzene rings is 1. The van der Waals surface area contributed by atoms with Gasteiger partial charge in [0.1, 0.15) is 6.33 Å². The van der Waals surface area contributed by atoms with E-state index in [-0.39, 0.29) is 10.3 Å². The fourth-order valence-corrected chi connectivity index (χ4v) is 4.20. The first-order valence-electron chi connectivity index (χ1n) is 6.98. The Morgan fingerprint density at radius 1 is 1.41 bits per heavy atom. The summed E-state index contributed by atoms with van der Waals surface area (Å²) in [5, 5.41) is 10.9. The number of aromatic nitrogens is 4. The summed E-state index contributed by atoms with van der Waals surface area (Å²) in [6, 6.07) is 6.59. The van der Waals surface area contributed by atoms with Gasteiger partial charge in [0, 0.05) is 13.1 Å². The third-order valence-corrected chi connectivity index (χ3v) is 5.93. The molecular weight excluding hydrogens is 304 g/mol. The second kappa shape index (κ2) is 5.41. The molecule has 3 rings (SSSR count). The van der Waals surface area contributed by atoms with E-state index in [1.54, 1.807) is 24.3 Å².